The summed E-state index contributed by atoms with van der Waals surface area (Å²) in [5.41, 5.74) is 0. The van der Waals surface area contributed by atoms with Gasteiger partial charge in [0, 0.05) is 19.3 Å². The Morgan fingerprint density at radius 2 is 0.639 bits per heavy atom. The van der Waals surface area contributed by atoms with Gasteiger partial charge in [0.15, 0.2) is 6.10 Å². The first kappa shape index (κ1) is 57.9. The molecule has 0 radical (unpaired) electrons. The van der Waals surface area contributed by atoms with Crippen LogP contribution in [-0.2, 0) is 28.6 Å². The van der Waals surface area contributed by atoms with Gasteiger partial charge in [-0.2, -0.15) is 0 Å². The molecule has 0 amide bonds. The second-order valence-corrected chi connectivity index (χ2v) is 16.7. The molecule has 61 heavy (non-hydrogen) atoms. The average molecular weight is 851 g/mol. The molecular weight excluding hydrogens is 757 g/mol. The molecule has 0 aromatic heterocycles. The van der Waals surface area contributed by atoms with E-state index in [0.29, 0.717) is 19.3 Å². The number of hydrogen-bond acceptors (Lipinski definition) is 6. The van der Waals surface area contributed by atoms with Gasteiger partial charge in [0.05, 0.1) is 0 Å². The largest absolute Gasteiger partial charge is 0.462 e. The van der Waals surface area contributed by atoms with Crippen LogP contribution in [0, 0.1) is 0 Å². The van der Waals surface area contributed by atoms with E-state index in [1.54, 1.807) is 0 Å². The molecule has 6 nitrogen and oxygen atoms in total. The van der Waals surface area contributed by atoms with Crippen molar-refractivity contribution < 1.29 is 28.6 Å². The first-order valence-corrected chi connectivity index (χ1v) is 25.4. The Hall–Kier alpha value is -3.15. The van der Waals surface area contributed by atoms with E-state index in [4.69, 9.17) is 14.2 Å². The maximum absolute atomic E-state index is 12.8. The van der Waals surface area contributed by atoms with Crippen molar-refractivity contribution in [3.05, 3.63) is 72.9 Å². The number of ether oxygens (including phenoxy) is 3. The lowest BCUT2D eigenvalue weighted by molar-refractivity contribution is -0.167. The lowest BCUT2D eigenvalue weighted by Crippen LogP contribution is -2.30. The molecule has 350 valence electrons. The van der Waals surface area contributed by atoms with E-state index in [-0.39, 0.29) is 31.1 Å². The summed E-state index contributed by atoms with van der Waals surface area (Å²) < 4.78 is 16.7. The molecule has 0 rings (SSSR count). The minimum absolute atomic E-state index is 0.0884. The highest BCUT2D eigenvalue weighted by molar-refractivity contribution is 5.71. The van der Waals surface area contributed by atoms with Gasteiger partial charge in [-0.3, -0.25) is 14.4 Å². The number of carbonyl (C=O) groups is 3. The molecule has 0 aliphatic rings. The van der Waals surface area contributed by atoms with Crippen molar-refractivity contribution in [1.82, 2.24) is 0 Å². The van der Waals surface area contributed by atoms with Crippen LogP contribution in [0.25, 0.3) is 0 Å². The van der Waals surface area contributed by atoms with Gasteiger partial charge in [0.1, 0.15) is 13.2 Å². The molecule has 0 aliphatic carbocycles. The van der Waals surface area contributed by atoms with Crippen molar-refractivity contribution in [2.75, 3.05) is 13.2 Å². The minimum Gasteiger partial charge on any atom is -0.462 e. The molecule has 0 aromatic rings. The fourth-order valence-corrected chi connectivity index (χ4v) is 6.87. The summed E-state index contributed by atoms with van der Waals surface area (Å²) in [5, 5.41) is 0. The lowest BCUT2D eigenvalue weighted by Gasteiger charge is -2.18. The zero-order valence-electron chi connectivity index (χ0n) is 39.9. The maximum Gasteiger partial charge on any atom is 0.306 e. The zero-order chi connectivity index (χ0) is 44.4. The summed E-state index contributed by atoms with van der Waals surface area (Å²) in [6, 6.07) is 0. The molecule has 1 unspecified atom stereocenters. The van der Waals surface area contributed by atoms with E-state index < -0.39 is 6.10 Å². The first-order valence-electron chi connectivity index (χ1n) is 25.4. The number of rotatable bonds is 45. The van der Waals surface area contributed by atoms with Crippen molar-refractivity contribution in [2.45, 2.75) is 245 Å². The Bertz CT molecular complexity index is 1160. The third kappa shape index (κ3) is 47.7. The van der Waals surface area contributed by atoms with Crippen LogP contribution in [-0.4, -0.2) is 37.2 Å². The van der Waals surface area contributed by atoms with Crippen LogP contribution in [0.4, 0.5) is 0 Å². The molecule has 0 bridgehead atoms. The summed E-state index contributed by atoms with van der Waals surface area (Å²) >= 11 is 0. The summed E-state index contributed by atoms with van der Waals surface area (Å²) in [5.74, 6) is -0.932. The van der Waals surface area contributed by atoms with E-state index in [1.807, 2.05) is 0 Å². The Morgan fingerprint density at radius 1 is 0.344 bits per heavy atom. The molecule has 0 heterocycles. The molecule has 0 fully saturated rings. The summed E-state index contributed by atoms with van der Waals surface area (Å²) in [4.78, 5) is 37.9. The zero-order valence-corrected chi connectivity index (χ0v) is 39.9. The van der Waals surface area contributed by atoms with Gasteiger partial charge >= 0.3 is 17.9 Å². The predicted molar refractivity (Wildman–Crippen MR) is 261 cm³/mol. The lowest BCUT2D eigenvalue weighted by atomic mass is 10.1. The van der Waals surface area contributed by atoms with Crippen LogP contribution in [0.2, 0.25) is 0 Å². The van der Waals surface area contributed by atoms with E-state index >= 15 is 0 Å². The number of esters is 3. The molecule has 0 spiro atoms. The van der Waals surface area contributed by atoms with Gasteiger partial charge in [-0.1, -0.05) is 203 Å². The quantitative estimate of drug-likeness (QED) is 0.0263. The van der Waals surface area contributed by atoms with Crippen LogP contribution < -0.4 is 0 Å². The molecule has 0 N–H and O–H groups in total. The first-order chi connectivity index (χ1) is 30.0. The van der Waals surface area contributed by atoms with Crippen molar-refractivity contribution in [2.24, 2.45) is 0 Å². The molecule has 0 saturated heterocycles. The fraction of sp³-hybridized carbons (Fsp3) is 0.727. The smallest absolute Gasteiger partial charge is 0.306 e. The third-order valence-corrected chi connectivity index (χ3v) is 10.7. The number of carbonyl (C=O) groups excluding carboxylic acids is 3. The van der Waals surface area contributed by atoms with E-state index in [9.17, 15) is 14.4 Å². The van der Waals surface area contributed by atoms with Crippen LogP contribution in [0.5, 0.6) is 0 Å². The van der Waals surface area contributed by atoms with Crippen molar-refractivity contribution in [3.8, 4) is 0 Å². The monoisotopic (exact) mass is 851 g/mol. The Kier molecular flexibility index (Phi) is 46.9. The number of unbranched alkanes of at least 4 members (excludes halogenated alkanes) is 22. The van der Waals surface area contributed by atoms with Crippen LogP contribution in [0.1, 0.15) is 239 Å². The van der Waals surface area contributed by atoms with Crippen molar-refractivity contribution >= 4 is 17.9 Å². The van der Waals surface area contributed by atoms with Gasteiger partial charge < -0.3 is 14.2 Å². The molecule has 6 heteroatoms. The Balaban J connectivity index is 4.40. The van der Waals surface area contributed by atoms with Gasteiger partial charge in [-0.05, 0) is 89.9 Å². The van der Waals surface area contributed by atoms with Gasteiger partial charge in [-0.25, -0.2) is 0 Å². The highest BCUT2D eigenvalue weighted by Gasteiger charge is 2.19. The van der Waals surface area contributed by atoms with Crippen molar-refractivity contribution in [3.63, 3.8) is 0 Å². The second-order valence-electron chi connectivity index (χ2n) is 16.7. The van der Waals surface area contributed by atoms with Crippen LogP contribution >= 0.6 is 0 Å². The molecular formula is C55H94O6. The third-order valence-electron chi connectivity index (χ3n) is 10.7. The Labute approximate surface area is 376 Å². The molecule has 1 atom stereocenters. The predicted octanol–water partition coefficient (Wildman–Crippen LogP) is 16.6. The average Bonchev–Trinajstić information content (AvgIpc) is 3.26. The Morgan fingerprint density at radius 3 is 1.03 bits per heavy atom. The maximum atomic E-state index is 12.8. The van der Waals surface area contributed by atoms with E-state index in [0.717, 1.165) is 109 Å². The van der Waals surface area contributed by atoms with Gasteiger partial charge in [0.2, 0.25) is 0 Å². The SMILES string of the molecule is CC/C=C\C/C=C\C/C=C\C/C=C\C/C=C\CCCCCC(=O)OCC(COC(=O)CCCCCCCCCCC)OC(=O)CCCCCCC/C=C\CCCCCCCC. The second kappa shape index (κ2) is 49.5. The highest BCUT2D eigenvalue weighted by atomic mass is 16.6. The van der Waals surface area contributed by atoms with Gasteiger partial charge in [-0.15, -0.1) is 0 Å². The topological polar surface area (TPSA) is 78.9 Å². The van der Waals surface area contributed by atoms with Gasteiger partial charge in [0.25, 0.3) is 0 Å². The normalized spacial score (nSPS) is 12.6. The standard InChI is InChI=1S/C55H94O6/c1-4-7-10-13-16-19-21-23-25-26-27-28-30-31-33-36-39-42-45-48-54(57)60-51-52(50-59-53(56)47-44-41-38-35-18-15-12-9-6-3)61-55(58)49-46-43-40-37-34-32-29-24-22-20-17-14-11-8-5-2/h7,10,16,19,23-25,27-29,31,33,52H,4-6,8-9,11-15,17-18,20-22,26,30,32,34-51H2,1-3H3/b10-7-,19-16-,25-23-,28-27-,29-24-,33-31-. The highest BCUT2D eigenvalue weighted by Crippen LogP contribution is 2.14. The summed E-state index contributed by atoms with van der Waals surface area (Å²) in [7, 11) is 0. The molecule has 0 aromatic carbocycles. The number of hydrogen-bond donors (Lipinski definition) is 0. The number of allylic oxidation sites excluding steroid dienone is 12. The van der Waals surface area contributed by atoms with E-state index in [1.165, 1.54) is 89.9 Å². The van der Waals surface area contributed by atoms with Crippen LogP contribution in [0.15, 0.2) is 72.9 Å². The van der Waals surface area contributed by atoms with Crippen molar-refractivity contribution in [1.29, 1.82) is 0 Å². The minimum atomic E-state index is -0.790. The fourth-order valence-electron chi connectivity index (χ4n) is 6.87. The van der Waals surface area contributed by atoms with E-state index in [2.05, 4.69) is 93.7 Å². The molecule has 0 aliphatic heterocycles. The molecule has 0 saturated carbocycles. The summed E-state index contributed by atoms with van der Waals surface area (Å²) in [6.07, 6.45) is 61.7. The van der Waals surface area contributed by atoms with Crippen LogP contribution in [0.3, 0.4) is 0 Å². The summed E-state index contributed by atoms with van der Waals surface area (Å²) in [6.45, 7) is 6.46.